The molecule has 2 heteroatoms. The molecule has 11 heavy (non-hydrogen) atoms. The molecule has 0 aromatic rings. The third-order valence-corrected chi connectivity index (χ3v) is 3.03. The Kier molecular flexibility index (Phi) is 2.21. The average Bonchev–Trinajstić information content (AvgIpc) is 2.31. The first kappa shape index (κ1) is 8.57. The molecule has 2 atom stereocenters. The molecule has 1 heterocycles. The zero-order chi connectivity index (χ0) is 8.48. The van der Waals surface area contributed by atoms with E-state index in [2.05, 4.69) is 25.8 Å². The van der Waals surface area contributed by atoms with Gasteiger partial charge in [0, 0.05) is 13.0 Å². The van der Waals surface area contributed by atoms with E-state index in [-0.39, 0.29) is 0 Å². The number of amidine groups is 1. The molecular weight excluding hydrogens is 136 g/mol. The minimum absolute atomic E-state index is 0.346. The highest BCUT2D eigenvalue weighted by Crippen LogP contribution is 2.36. The third-order valence-electron chi connectivity index (χ3n) is 3.03. The minimum Gasteiger partial charge on any atom is -0.387 e. The van der Waals surface area contributed by atoms with Gasteiger partial charge in [-0.3, -0.25) is 4.99 Å². The molecule has 2 unspecified atom stereocenters. The van der Waals surface area contributed by atoms with Gasteiger partial charge in [-0.1, -0.05) is 27.2 Å². The predicted molar refractivity (Wildman–Crippen MR) is 48.7 cm³/mol. The molecule has 0 radical (unpaired) electrons. The van der Waals surface area contributed by atoms with Gasteiger partial charge in [0.1, 0.15) is 0 Å². The van der Waals surface area contributed by atoms with Gasteiger partial charge < -0.3 is 5.73 Å². The van der Waals surface area contributed by atoms with E-state index in [0.29, 0.717) is 5.41 Å². The first-order valence-corrected chi connectivity index (χ1v) is 4.37. The molecule has 1 rings (SSSR count). The van der Waals surface area contributed by atoms with Crippen LogP contribution in [0.15, 0.2) is 4.99 Å². The molecule has 0 amide bonds. The number of nitrogens with zero attached hydrogens (tertiary/aromatic N) is 1. The van der Waals surface area contributed by atoms with E-state index in [1.165, 1.54) is 6.42 Å². The number of nitrogens with two attached hydrogens (primary N) is 1. The van der Waals surface area contributed by atoms with E-state index in [1.54, 1.807) is 0 Å². The molecule has 0 saturated heterocycles. The lowest BCUT2D eigenvalue weighted by molar-refractivity contribution is 0.230. The fourth-order valence-electron chi connectivity index (χ4n) is 1.63. The summed E-state index contributed by atoms with van der Waals surface area (Å²) in [7, 11) is 0. The summed E-state index contributed by atoms with van der Waals surface area (Å²) in [5.41, 5.74) is 6.00. The van der Waals surface area contributed by atoms with Crippen LogP contribution < -0.4 is 5.73 Å². The Hall–Kier alpha value is -0.530. The maximum Gasteiger partial charge on any atom is 0.0943 e. The van der Waals surface area contributed by atoms with E-state index in [4.69, 9.17) is 5.73 Å². The van der Waals surface area contributed by atoms with Crippen molar-refractivity contribution in [3.63, 3.8) is 0 Å². The molecule has 0 saturated carbocycles. The SMILES string of the molecule is CCC(C)C1(C)CN=C(N)C1. The van der Waals surface area contributed by atoms with Gasteiger partial charge in [0.15, 0.2) is 0 Å². The summed E-state index contributed by atoms with van der Waals surface area (Å²) >= 11 is 0. The van der Waals surface area contributed by atoms with Crippen LogP contribution in [0.5, 0.6) is 0 Å². The summed E-state index contributed by atoms with van der Waals surface area (Å²) in [6.07, 6.45) is 2.21. The Labute approximate surface area is 68.9 Å². The van der Waals surface area contributed by atoms with Gasteiger partial charge in [0.2, 0.25) is 0 Å². The van der Waals surface area contributed by atoms with E-state index in [0.717, 1.165) is 24.7 Å². The highest BCUT2D eigenvalue weighted by atomic mass is 14.9. The molecule has 1 aliphatic heterocycles. The monoisotopic (exact) mass is 154 g/mol. The number of hydrogen-bond donors (Lipinski definition) is 1. The molecule has 0 bridgehead atoms. The first-order chi connectivity index (χ1) is 5.08. The van der Waals surface area contributed by atoms with Crippen LogP contribution in [-0.4, -0.2) is 12.4 Å². The molecular formula is C9H18N2. The van der Waals surface area contributed by atoms with Crippen molar-refractivity contribution in [1.82, 2.24) is 0 Å². The summed E-state index contributed by atoms with van der Waals surface area (Å²) in [6, 6.07) is 0. The molecule has 2 N–H and O–H groups in total. The second-order valence-electron chi connectivity index (χ2n) is 3.95. The Balaban J connectivity index is 2.58. The lowest BCUT2D eigenvalue weighted by Crippen LogP contribution is -2.27. The molecule has 0 spiro atoms. The molecule has 0 aliphatic carbocycles. The first-order valence-electron chi connectivity index (χ1n) is 4.37. The summed E-state index contributed by atoms with van der Waals surface area (Å²) in [5, 5.41) is 0. The Bertz CT molecular complexity index is 174. The molecule has 64 valence electrons. The van der Waals surface area contributed by atoms with Gasteiger partial charge in [-0.15, -0.1) is 0 Å². The Morgan fingerprint density at radius 3 is 2.73 bits per heavy atom. The molecule has 0 aromatic carbocycles. The highest BCUT2D eigenvalue weighted by Gasteiger charge is 2.34. The predicted octanol–water partition coefficient (Wildman–Crippen LogP) is 1.80. The van der Waals surface area contributed by atoms with E-state index >= 15 is 0 Å². The quantitative estimate of drug-likeness (QED) is 0.647. The van der Waals surface area contributed by atoms with Crippen LogP contribution in [0.4, 0.5) is 0 Å². The lowest BCUT2D eigenvalue weighted by atomic mass is 9.75. The maximum atomic E-state index is 5.65. The summed E-state index contributed by atoms with van der Waals surface area (Å²) in [6.45, 7) is 7.72. The second-order valence-corrected chi connectivity index (χ2v) is 3.95. The molecule has 2 nitrogen and oxygen atoms in total. The molecule has 0 aromatic heterocycles. The van der Waals surface area contributed by atoms with Crippen molar-refractivity contribution in [2.45, 2.75) is 33.6 Å². The van der Waals surface area contributed by atoms with Crippen molar-refractivity contribution < 1.29 is 0 Å². The topological polar surface area (TPSA) is 38.4 Å². The van der Waals surface area contributed by atoms with Gasteiger partial charge in [0.25, 0.3) is 0 Å². The van der Waals surface area contributed by atoms with E-state index in [9.17, 15) is 0 Å². The van der Waals surface area contributed by atoms with Crippen LogP contribution in [0.3, 0.4) is 0 Å². The highest BCUT2D eigenvalue weighted by molar-refractivity contribution is 5.82. The fraction of sp³-hybridized carbons (Fsp3) is 0.889. The van der Waals surface area contributed by atoms with Crippen LogP contribution in [0.25, 0.3) is 0 Å². The van der Waals surface area contributed by atoms with Crippen LogP contribution in [0, 0.1) is 11.3 Å². The van der Waals surface area contributed by atoms with Gasteiger partial charge >= 0.3 is 0 Å². The number of aliphatic imine (C=N–C) groups is 1. The molecule has 1 aliphatic rings. The fourth-order valence-corrected chi connectivity index (χ4v) is 1.63. The smallest absolute Gasteiger partial charge is 0.0943 e. The van der Waals surface area contributed by atoms with Crippen LogP contribution >= 0.6 is 0 Å². The van der Waals surface area contributed by atoms with Gasteiger partial charge in [-0.2, -0.15) is 0 Å². The second kappa shape index (κ2) is 2.84. The van der Waals surface area contributed by atoms with Crippen molar-refractivity contribution in [3.8, 4) is 0 Å². The maximum absolute atomic E-state index is 5.65. The summed E-state index contributed by atoms with van der Waals surface area (Å²) in [4.78, 5) is 4.25. The summed E-state index contributed by atoms with van der Waals surface area (Å²) in [5.74, 6) is 1.57. The zero-order valence-corrected chi connectivity index (χ0v) is 7.72. The normalized spacial score (nSPS) is 33.5. The standard InChI is InChI=1S/C9H18N2/c1-4-7(2)9(3)5-8(10)11-6-9/h7H,4-6H2,1-3H3,(H2,10,11). The van der Waals surface area contributed by atoms with Crippen LogP contribution in [-0.2, 0) is 0 Å². The minimum atomic E-state index is 0.346. The van der Waals surface area contributed by atoms with Crippen molar-refractivity contribution in [2.24, 2.45) is 22.1 Å². The summed E-state index contributed by atoms with van der Waals surface area (Å²) < 4.78 is 0. The van der Waals surface area contributed by atoms with E-state index < -0.39 is 0 Å². The lowest BCUT2D eigenvalue weighted by Gasteiger charge is -2.29. The third kappa shape index (κ3) is 1.55. The van der Waals surface area contributed by atoms with Gasteiger partial charge in [-0.25, -0.2) is 0 Å². The van der Waals surface area contributed by atoms with Crippen molar-refractivity contribution >= 4 is 5.84 Å². The van der Waals surface area contributed by atoms with Crippen LogP contribution in [0.2, 0.25) is 0 Å². The number of hydrogen-bond acceptors (Lipinski definition) is 2. The van der Waals surface area contributed by atoms with Gasteiger partial charge in [-0.05, 0) is 11.3 Å². The average molecular weight is 154 g/mol. The Morgan fingerprint density at radius 2 is 2.36 bits per heavy atom. The van der Waals surface area contributed by atoms with Crippen molar-refractivity contribution in [3.05, 3.63) is 0 Å². The largest absolute Gasteiger partial charge is 0.387 e. The van der Waals surface area contributed by atoms with Crippen molar-refractivity contribution in [1.29, 1.82) is 0 Å². The van der Waals surface area contributed by atoms with Crippen LogP contribution in [0.1, 0.15) is 33.6 Å². The number of rotatable bonds is 2. The zero-order valence-electron chi connectivity index (χ0n) is 7.72. The van der Waals surface area contributed by atoms with Gasteiger partial charge in [0.05, 0.1) is 5.84 Å². The molecule has 0 fully saturated rings. The van der Waals surface area contributed by atoms with E-state index in [1.807, 2.05) is 0 Å². The Morgan fingerprint density at radius 1 is 1.73 bits per heavy atom. The van der Waals surface area contributed by atoms with Crippen molar-refractivity contribution in [2.75, 3.05) is 6.54 Å².